The highest BCUT2D eigenvalue weighted by Crippen LogP contribution is 2.20. The van der Waals surface area contributed by atoms with Crippen LogP contribution in [0, 0.1) is 0 Å². The largest absolute Gasteiger partial charge is 0.356 e. The molecule has 7 nitrogen and oxygen atoms in total. The molecule has 0 radical (unpaired) electrons. The normalized spacial score (nSPS) is 20.7. The van der Waals surface area contributed by atoms with E-state index in [0.29, 0.717) is 31.9 Å². The number of aliphatic imine (C=N–C) groups is 1. The predicted octanol–water partition coefficient (Wildman–Crippen LogP) is 2.64. The van der Waals surface area contributed by atoms with Gasteiger partial charge in [0.05, 0.1) is 6.04 Å². The van der Waals surface area contributed by atoms with Gasteiger partial charge in [0.1, 0.15) is 5.54 Å². The molecular weight excluding hydrogens is 457 g/mol. The van der Waals surface area contributed by atoms with E-state index in [1.807, 2.05) is 25.1 Å². The lowest BCUT2D eigenvalue weighted by Crippen LogP contribution is -2.43. The molecule has 1 aliphatic heterocycles. The van der Waals surface area contributed by atoms with Gasteiger partial charge in [-0.15, -0.1) is 24.0 Å². The number of carbonyl (C=O) groups is 2. The van der Waals surface area contributed by atoms with Gasteiger partial charge in [-0.05, 0) is 32.3 Å². The number of hydrogen-bond acceptors (Lipinski definition) is 3. The van der Waals surface area contributed by atoms with Gasteiger partial charge in [0.15, 0.2) is 5.96 Å². The number of imide groups is 1. The zero-order valence-electron chi connectivity index (χ0n) is 16.4. The third-order valence-corrected chi connectivity index (χ3v) is 4.78. The molecule has 1 aromatic carbocycles. The van der Waals surface area contributed by atoms with Crippen molar-refractivity contribution in [2.75, 3.05) is 20.1 Å². The Labute approximate surface area is 178 Å². The SMILES string of the molecule is CCC1(C)NC(=O)N(CCCNC(=NC)NC(C)c2ccccc2)C1=O.I. The minimum absolute atomic E-state index is 0. The van der Waals surface area contributed by atoms with Crippen LogP contribution in [-0.4, -0.2) is 48.5 Å². The average molecular weight is 487 g/mol. The Hall–Kier alpha value is -1.84. The highest BCUT2D eigenvalue weighted by Gasteiger charge is 2.45. The summed E-state index contributed by atoms with van der Waals surface area (Å²) in [5, 5.41) is 9.32. The second kappa shape index (κ2) is 10.5. The van der Waals surface area contributed by atoms with Crippen LogP contribution in [-0.2, 0) is 4.79 Å². The number of nitrogens with zero attached hydrogens (tertiary/aromatic N) is 2. The molecule has 0 aliphatic carbocycles. The fourth-order valence-electron chi connectivity index (χ4n) is 2.86. The van der Waals surface area contributed by atoms with Gasteiger partial charge in [-0.2, -0.15) is 0 Å². The van der Waals surface area contributed by atoms with Crippen LogP contribution in [0.25, 0.3) is 0 Å². The lowest BCUT2D eigenvalue weighted by molar-refractivity contribution is -0.130. The van der Waals surface area contributed by atoms with E-state index in [9.17, 15) is 9.59 Å². The van der Waals surface area contributed by atoms with Crippen LogP contribution < -0.4 is 16.0 Å². The van der Waals surface area contributed by atoms with Crippen molar-refractivity contribution in [3.63, 3.8) is 0 Å². The van der Waals surface area contributed by atoms with E-state index in [1.165, 1.54) is 10.5 Å². The summed E-state index contributed by atoms with van der Waals surface area (Å²) >= 11 is 0. The molecule has 150 valence electrons. The maximum atomic E-state index is 12.3. The maximum Gasteiger partial charge on any atom is 0.325 e. The van der Waals surface area contributed by atoms with Crippen molar-refractivity contribution in [1.29, 1.82) is 0 Å². The second-order valence-corrected chi connectivity index (χ2v) is 6.70. The van der Waals surface area contributed by atoms with E-state index < -0.39 is 5.54 Å². The van der Waals surface area contributed by atoms with Gasteiger partial charge in [-0.3, -0.25) is 14.7 Å². The van der Waals surface area contributed by atoms with E-state index in [0.717, 1.165) is 0 Å². The van der Waals surface area contributed by atoms with Crippen molar-refractivity contribution in [2.45, 2.75) is 45.2 Å². The van der Waals surface area contributed by atoms with Crippen molar-refractivity contribution in [1.82, 2.24) is 20.9 Å². The Morgan fingerprint density at radius 2 is 1.96 bits per heavy atom. The summed E-state index contributed by atoms with van der Waals surface area (Å²) in [5.41, 5.74) is 0.404. The molecule has 2 unspecified atom stereocenters. The van der Waals surface area contributed by atoms with Crippen molar-refractivity contribution in [3.8, 4) is 0 Å². The number of urea groups is 1. The molecule has 1 aliphatic rings. The molecule has 1 fully saturated rings. The molecule has 0 aromatic heterocycles. The van der Waals surface area contributed by atoms with Gasteiger partial charge in [0, 0.05) is 20.1 Å². The lowest BCUT2D eigenvalue weighted by atomic mass is 9.99. The van der Waals surface area contributed by atoms with Crippen LogP contribution in [0.4, 0.5) is 4.79 Å². The molecule has 3 N–H and O–H groups in total. The topological polar surface area (TPSA) is 85.8 Å². The number of amides is 3. The van der Waals surface area contributed by atoms with Gasteiger partial charge in [-0.25, -0.2) is 4.79 Å². The van der Waals surface area contributed by atoms with Crippen LogP contribution in [0.5, 0.6) is 0 Å². The number of halogens is 1. The van der Waals surface area contributed by atoms with E-state index in [-0.39, 0.29) is 42.0 Å². The Bertz CT molecular complexity index is 667. The van der Waals surface area contributed by atoms with Crippen LogP contribution in [0.15, 0.2) is 35.3 Å². The monoisotopic (exact) mass is 487 g/mol. The summed E-state index contributed by atoms with van der Waals surface area (Å²) in [5.74, 6) is 0.544. The van der Waals surface area contributed by atoms with Gasteiger partial charge in [0.2, 0.25) is 0 Å². The van der Waals surface area contributed by atoms with Crippen molar-refractivity contribution in [3.05, 3.63) is 35.9 Å². The van der Waals surface area contributed by atoms with E-state index in [2.05, 4.69) is 40.0 Å². The average Bonchev–Trinajstić information content (AvgIpc) is 2.87. The minimum Gasteiger partial charge on any atom is -0.356 e. The maximum absolute atomic E-state index is 12.3. The number of nitrogens with one attached hydrogen (secondary N) is 3. The number of benzene rings is 1. The van der Waals surface area contributed by atoms with Gasteiger partial charge in [-0.1, -0.05) is 37.3 Å². The van der Waals surface area contributed by atoms with Crippen LogP contribution in [0.1, 0.15) is 45.2 Å². The quantitative estimate of drug-likeness (QED) is 0.182. The number of carbonyl (C=O) groups excluding carboxylic acids is 2. The van der Waals surface area contributed by atoms with Crippen molar-refractivity contribution >= 4 is 41.9 Å². The summed E-state index contributed by atoms with van der Waals surface area (Å²) < 4.78 is 0. The Morgan fingerprint density at radius 1 is 1.30 bits per heavy atom. The standard InChI is InChI=1S/C19H29N5O2.HI/c1-5-19(3)16(25)24(18(26)23-19)13-9-12-21-17(20-4)22-14(2)15-10-7-6-8-11-15;/h6-8,10-11,14H,5,9,12-13H2,1-4H3,(H,23,26)(H2,20,21,22);1H. The highest BCUT2D eigenvalue weighted by atomic mass is 127. The first-order valence-electron chi connectivity index (χ1n) is 9.07. The van der Waals surface area contributed by atoms with Crippen LogP contribution in [0.3, 0.4) is 0 Å². The zero-order chi connectivity index (χ0) is 19.2. The molecule has 2 rings (SSSR count). The molecule has 0 bridgehead atoms. The van der Waals surface area contributed by atoms with Crippen molar-refractivity contribution in [2.24, 2.45) is 4.99 Å². The molecule has 3 amide bonds. The first-order valence-corrected chi connectivity index (χ1v) is 9.07. The summed E-state index contributed by atoms with van der Waals surface area (Å²) in [6.45, 7) is 6.73. The molecule has 0 spiro atoms. The van der Waals surface area contributed by atoms with Crippen molar-refractivity contribution < 1.29 is 9.59 Å². The highest BCUT2D eigenvalue weighted by molar-refractivity contribution is 14.0. The first kappa shape index (κ1) is 23.2. The van der Waals surface area contributed by atoms with E-state index in [1.54, 1.807) is 14.0 Å². The molecule has 1 saturated heterocycles. The fourth-order valence-corrected chi connectivity index (χ4v) is 2.86. The summed E-state index contributed by atoms with van der Waals surface area (Å²) in [6, 6.07) is 9.94. The third kappa shape index (κ3) is 5.82. The summed E-state index contributed by atoms with van der Waals surface area (Å²) in [6.07, 6.45) is 1.24. The van der Waals surface area contributed by atoms with Gasteiger partial charge < -0.3 is 16.0 Å². The lowest BCUT2D eigenvalue weighted by Gasteiger charge is -2.20. The van der Waals surface area contributed by atoms with E-state index in [4.69, 9.17) is 0 Å². The zero-order valence-corrected chi connectivity index (χ0v) is 18.7. The fraction of sp³-hybridized carbons (Fsp3) is 0.526. The Kier molecular flexibility index (Phi) is 9.01. The third-order valence-electron chi connectivity index (χ3n) is 4.78. The molecule has 8 heteroatoms. The van der Waals surface area contributed by atoms with Gasteiger partial charge >= 0.3 is 6.03 Å². The van der Waals surface area contributed by atoms with E-state index >= 15 is 0 Å². The summed E-state index contributed by atoms with van der Waals surface area (Å²) in [4.78, 5) is 29.8. The number of guanidine groups is 1. The number of hydrogen-bond donors (Lipinski definition) is 3. The van der Waals surface area contributed by atoms with Gasteiger partial charge in [0.25, 0.3) is 5.91 Å². The molecule has 1 heterocycles. The molecule has 27 heavy (non-hydrogen) atoms. The molecule has 1 aromatic rings. The molecular formula is C19H30IN5O2. The second-order valence-electron chi connectivity index (χ2n) is 6.70. The predicted molar refractivity (Wildman–Crippen MR) is 118 cm³/mol. The van der Waals surface area contributed by atoms with Crippen LogP contribution >= 0.6 is 24.0 Å². The smallest absolute Gasteiger partial charge is 0.325 e. The Morgan fingerprint density at radius 3 is 2.52 bits per heavy atom. The minimum atomic E-state index is -0.771. The Balaban J connectivity index is 0.00000364. The summed E-state index contributed by atoms with van der Waals surface area (Å²) in [7, 11) is 1.72. The first-order chi connectivity index (χ1) is 12.4. The molecule has 2 atom stereocenters. The number of rotatable bonds is 7. The van der Waals surface area contributed by atoms with Crippen LogP contribution in [0.2, 0.25) is 0 Å². The molecule has 0 saturated carbocycles.